The summed E-state index contributed by atoms with van der Waals surface area (Å²) in [5.41, 5.74) is 5.65. The molecule has 0 spiro atoms. The SMILES string of the molecule is NC(=O)COCNC(=O)CNC(=O)[C@H](Cc1ccccc1)NC(=O)CNC(=O)CNC(=O)C1COC(CN2C(=O)C=CC2=O)OC1. The van der Waals surface area contributed by atoms with Crippen LogP contribution in [0.5, 0.6) is 0 Å². The first-order chi connectivity index (χ1) is 22.0. The predicted molar refractivity (Wildman–Crippen MR) is 154 cm³/mol. The second kappa shape index (κ2) is 17.9. The summed E-state index contributed by atoms with van der Waals surface area (Å²) in [5.74, 6) is -5.66. The molecule has 1 aromatic rings. The number of hydrogen-bond donors (Lipinski definition) is 6. The minimum Gasteiger partial charge on any atom is -0.368 e. The molecule has 46 heavy (non-hydrogen) atoms. The van der Waals surface area contributed by atoms with Crippen LogP contribution >= 0.6 is 0 Å². The molecule has 248 valence electrons. The van der Waals surface area contributed by atoms with Crippen molar-refractivity contribution in [3.05, 3.63) is 48.0 Å². The highest BCUT2D eigenvalue weighted by Gasteiger charge is 2.32. The van der Waals surface area contributed by atoms with Gasteiger partial charge in [0.15, 0.2) is 6.29 Å². The van der Waals surface area contributed by atoms with Gasteiger partial charge in [0.05, 0.1) is 45.3 Å². The summed E-state index contributed by atoms with van der Waals surface area (Å²) < 4.78 is 15.7. The Morgan fingerprint density at radius 2 is 1.46 bits per heavy atom. The predicted octanol–water partition coefficient (Wildman–Crippen LogP) is -4.45. The van der Waals surface area contributed by atoms with Gasteiger partial charge in [-0.25, -0.2) is 0 Å². The van der Waals surface area contributed by atoms with Gasteiger partial charge in [-0.1, -0.05) is 30.3 Å². The molecule has 0 unspecified atom stereocenters. The van der Waals surface area contributed by atoms with Crippen LogP contribution in [0, 0.1) is 5.92 Å². The number of nitrogens with two attached hydrogens (primary N) is 1. The Labute approximate surface area is 262 Å². The summed E-state index contributed by atoms with van der Waals surface area (Å²) in [4.78, 5) is 97.0. The number of primary amides is 1. The standard InChI is InChI=1S/C28H35N7O11/c29-20(36)15-44-16-33-22(38)10-32-28(43)19(8-17-4-2-1-3-5-17)34-23(39)11-30-21(37)9-31-27(42)18-13-45-26(46-14-18)12-35-24(40)6-7-25(35)41/h1-7,18-19,26H,8-16H2,(H2,29,36)(H,30,37)(H,31,42)(H,32,43)(H,33,38)(H,34,39)/t18?,19-,26?/m0/s1. The van der Waals surface area contributed by atoms with Gasteiger partial charge < -0.3 is 46.5 Å². The first-order valence-corrected chi connectivity index (χ1v) is 14.1. The Morgan fingerprint density at radius 3 is 2.11 bits per heavy atom. The van der Waals surface area contributed by atoms with Gasteiger partial charge in [0.2, 0.25) is 35.4 Å². The number of imide groups is 1. The van der Waals surface area contributed by atoms with Crippen molar-refractivity contribution in [2.75, 3.05) is 52.7 Å². The van der Waals surface area contributed by atoms with Gasteiger partial charge in [-0.05, 0) is 5.56 Å². The Balaban J connectivity index is 1.38. The monoisotopic (exact) mass is 645 g/mol. The average molecular weight is 646 g/mol. The van der Waals surface area contributed by atoms with Gasteiger partial charge in [0, 0.05) is 18.6 Å². The quantitative estimate of drug-likeness (QED) is 0.0535. The molecule has 0 bridgehead atoms. The normalized spacial score (nSPS) is 18.0. The molecule has 1 aromatic carbocycles. The van der Waals surface area contributed by atoms with E-state index in [1.54, 1.807) is 30.3 Å². The smallest absolute Gasteiger partial charge is 0.253 e. The number of amides is 8. The number of carbonyl (C=O) groups excluding carboxylic acids is 8. The molecule has 18 nitrogen and oxygen atoms in total. The molecular formula is C28H35N7O11. The Morgan fingerprint density at radius 1 is 0.848 bits per heavy atom. The summed E-state index contributed by atoms with van der Waals surface area (Å²) in [6.45, 7) is -2.36. The molecule has 8 amide bonds. The van der Waals surface area contributed by atoms with E-state index in [1.165, 1.54) is 0 Å². The molecular weight excluding hydrogens is 610 g/mol. The second-order valence-corrected chi connectivity index (χ2v) is 9.99. The van der Waals surface area contributed by atoms with Crippen LogP contribution in [0.25, 0.3) is 0 Å². The Hall–Kier alpha value is -5.20. The van der Waals surface area contributed by atoms with Gasteiger partial charge in [-0.3, -0.25) is 43.3 Å². The van der Waals surface area contributed by atoms with Gasteiger partial charge in [0.1, 0.15) is 19.4 Å². The molecule has 0 aromatic heterocycles. The molecule has 18 heteroatoms. The van der Waals surface area contributed by atoms with E-state index in [-0.39, 0.29) is 32.9 Å². The largest absolute Gasteiger partial charge is 0.368 e. The van der Waals surface area contributed by atoms with Gasteiger partial charge in [-0.2, -0.15) is 0 Å². The lowest BCUT2D eigenvalue weighted by molar-refractivity contribution is -0.207. The number of nitrogens with zero attached hydrogens (tertiary/aromatic N) is 1. The van der Waals surface area contributed by atoms with E-state index in [9.17, 15) is 38.4 Å². The maximum Gasteiger partial charge on any atom is 0.253 e. The maximum absolute atomic E-state index is 12.8. The van der Waals surface area contributed by atoms with E-state index in [1.807, 2.05) is 0 Å². The zero-order chi connectivity index (χ0) is 33.5. The Bertz CT molecular complexity index is 1310. The zero-order valence-electron chi connectivity index (χ0n) is 24.7. The van der Waals surface area contributed by atoms with Gasteiger partial charge in [-0.15, -0.1) is 0 Å². The molecule has 1 fully saturated rings. The summed E-state index contributed by atoms with van der Waals surface area (Å²) >= 11 is 0. The molecule has 0 radical (unpaired) electrons. The first-order valence-electron chi connectivity index (χ1n) is 14.1. The van der Waals surface area contributed by atoms with Gasteiger partial charge >= 0.3 is 0 Å². The van der Waals surface area contributed by atoms with Crippen molar-refractivity contribution < 1.29 is 52.6 Å². The lowest BCUT2D eigenvalue weighted by Crippen LogP contribution is -2.52. The van der Waals surface area contributed by atoms with Crippen LogP contribution in [0.3, 0.4) is 0 Å². The summed E-state index contributed by atoms with van der Waals surface area (Å²) in [7, 11) is 0. The topological polar surface area (TPSA) is 254 Å². The van der Waals surface area contributed by atoms with E-state index >= 15 is 0 Å². The molecule has 1 atom stereocenters. The van der Waals surface area contributed by atoms with Crippen LogP contribution in [0.15, 0.2) is 42.5 Å². The third-order valence-corrected chi connectivity index (χ3v) is 6.41. The van der Waals surface area contributed by atoms with E-state index in [4.69, 9.17) is 19.9 Å². The van der Waals surface area contributed by atoms with E-state index in [2.05, 4.69) is 26.6 Å². The lowest BCUT2D eigenvalue weighted by Gasteiger charge is -2.30. The summed E-state index contributed by atoms with van der Waals surface area (Å²) in [6.07, 6.45) is 1.46. The van der Waals surface area contributed by atoms with Crippen molar-refractivity contribution >= 4 is 47.3 Å². The zero-order valence-corrected chi connectivity index (χ0v) is 24.7. The number of nitrogens with one attached hydrogen (secondary N) is 5. The van der Waals surface area contributed by atoms with Crippen molar-refractivity contribution in [1.82, 2.24) is 31.5 Å². The third-order valence-electron chi connectivity index (χ3n) is 6.41. The van der Waals surface area contributed by atoms with Gasteiger partial charge in [0.25, 0.3) is 11.8 Å². The van der Waals surface area contributed by atoms with Crippen LogP contribution in [0.4, 0.5) is 0 Å². The highest BCUT2D eigenvalue weighted by molar-refractivity contribution is 6.12. The summed E-state index contributed by atoms with van der Waals surface area (Å²) in [6, 6.07) is 7.67. The van der Waals surface area contributed by atoms with Crippen LogP contribution in [-0.4, -0.2) is 117 Å². The summed E-state index contributed by atoms with van der Waals surface area (Å²) in [5, 5.41) is 12.0. The number of rotatable bonds is 17. The molecule has 7 N–H and O–H groups in total. The van der Waals surface area contributed by atoms with E-state index in [0.29, 0.717) is 0 Å². The number of ether oxygens (including phenoxy) is 3. The minimum atomic E-state index is -1.10. The maximum atomic E-state index is 12.8. The van der Waals surface area contributed by atoms with E-state index < -0.39 is 91.7 Å². The fourth-order valence-electron chi connectivity index (χ4n) is 4.05. The number of hydrogen-bond acceptors (Lipinski definition) is 11. The Kier molecular flexibility index (Phi) is 13.8. The number of benzene rings is 1. The first kappa shape index (κ1) is 35.3. The van der Waals surface area contributed by atoms with Crippen LogP contribution in [0.2, 0.25) is 0 Å². The minimum absolute atomic E-state index is 0.0697. The fraction of sp³-hybridized carbons (Fsp3) is 0.429. The fourth-order valence-corrected chi connectivity index (χ4v) is 4.05. The van der Waals surface area contributed by atoms with Crippen molar-refractivity contribution in [3.8, 4) is 0 Å². The molecule has 2 aliphatic rings. The van der Waals surface area contributed by atoms with E-state index in [0.717, 1.165) is 22.6 Å². The highest BCUT2D eigenvalue weighted by atomic mass is 16.7. The highest BCUT2D eigenvalue weighted by Crippen LogP contribution is 2.15. The van der Waals surface area contributed by atoms with Crippen LogP contribution < -0.4 is 32.3 Å². The molecule has 1 saturated heterocycles. The average Bonchev–Trinajstić information content (AvgIpc) is 3.36. The molecule has 0 aliphatic carbocycles. The van der Waals surface area contributed by atoms with Crippen molar-refractivity contribution in [2.24, 2.45) is 11.7 Å². The molecule has 0 saturated carbocycles. The second-order valence-electron chi connectivity index (χ2n) is 9.99. The third kappa shape index (κ3) is 12.1. The van der Waals surface area contributed by atoms with Crippen molar-refractivity contribution in [3.63, 3.8) is 0 Å². The van der Waals surface area contributed by atoms with Crippen LogP contribution in [0.1, 0.15) is 5.56 Å². The molecule has 2 heterocycles. The molecule has 2 aliphatic heterocycles. The van der Waals surface area contributed by atoms with Crippen molar-refractivity contribution in [2.45, 2.75) is 18.8 Å². The van der Waals surface area contributed by atoms with Crippen molar-refractivity contribution in [1.29, 1.82) is 0 Å². The number of carbonyl (C=O) groups is 8. The van der Waals surface area contributed by atoms with Crippen LogP contribution in [-0.2, 0) is 59.0 Å². The molecule has 3 rings (SSSR count). The lowest BCUT2D eigenvalue weighted by atomic mass is 10.1.